The fraction of sp³-hybridized carbons (Fsp3) is 0.278. The number of nitrogens with zero attached hydrogens (tertiary/aromatic N) is 4. The number of rotatable bonds is 8. The van der Waals surface area contributed by atoms with Crippen molar-refractivity contribution in [1.29, 1.82) is 0 Å². The van der Waals surface area contributed by atoms with Crippen molar-refractivity contribution in [3.63, 3.8) is 0 Å². The number of benzene rings is 3. The Balaban J connectivity index is 1.07. The first-order chi connectivity index (χ1) is 22.9. The van der Waals surface area contributed by atoms with Crippen LogP contribution in [0.1, 0.15) is 61.0 Å². The summed E-state index contributed by atoms with van der Waals surface area (Å²) in [5.74, 6) is 0.901. The van der Waals surface area contributed by atoms with Gasteiger partial charge in [-0.25, -0.2) is 19.2 Å². The third-order valence-electron chi connectivity index (χ3n) is 9.26. The van der Waals surface area contributed by atoms with Crippen molar-refractivity contribution in [3.8, 4) is 33.6 Å². The van der Waals surface area contributed by atoms with E-state index in [1.165, 1.54) is 7.05 Å². The van der Waals surface area contributed by atoms with Gasteiger partial charge in [0, 0.05) is 19.2 Å². The summed E-state index contributed by atoms with van der Waals surface area (Å²) in [6, 6.07) is 21.0. The van der Waals surface area contributed by atoms with E-state index >= 15 is 4.39 Å². The minimum absolute atomic E-state index is 0.188. The van der Waals surface area contributed by atoms with Crippen LogP contribution in [0.5, 0.6) is 0 Å². The van der Waals surface area contributed by atoms with Gasteiger partial charge >= 0.3 is 6.09 Å². The molecule has 0 unspecified atom stereocenters. The van der Waals surface area contributed by atoms with Gasteiger partial charge in [-0.05, 0) is 66.6 Å². The van der Waals surface area contributed by atoms with Crippen LogP contribution in [0.3, 0.4) is 0 Å². The standard InChI is InChI=1S/C36H36FN7O3/c1-43(36(46)47)32(24-7-3-2-4-8-24)35(45)44-18-6-10-31(44)34-40-20-29(41-34)23-13-11-22(12-14-23)25-15-16-26(27(37)19-25)30-21-39-33(42-30)28-9-5-17-38-28/h2-4,7-8,11-16,19-21,28,31-32,38H,5-6,9-10,17-18H2,1H3,(H,39,42)(H,40,41)(H,46,47)/t28-,31-,32+/m0/s1. The Kier molecular flexibility index (Phi) is 8.30. The Bertz CT molecular complexity index is 1880. The van der Waals surface area contributed by atoms with Gasteiger partial charge in [0.15, 0.2) is 0 Å². The number of amides is 2. The maximum Gasteiger partial charge on any atom is 0.407 e. The van der Waals surface area contributed by atoms with E-state index < -0.39 is 12.1 Å². The smallest absolute Gasteiger partial charge is 0.407 e. The zero-order chi connectivity index (χ0) is 32.5. The number of carbonyl (C=O) groups is 2. The van der Waals surface area contributed by atoms with Crippen molar-refractivity contribution >= 4 is 12.0 Å². The number of nitrogens with one attached hydrogen (secondary N) is 3. The van der Waals surface area contributed by atoms with Crippen LogP contribution in [0.2, 0.25) is 0 Å². The van der Waals surface area contributed by atoms with Crippen LogP contribution in [0, 0.1) is 5.82 Å². The van der Waals surface area contributed by atoms with Crippen LogP contribution in [-0.4, -0.2) is 67.0 Å². The summed E-state index contributed by atoms with van der Waals surface area (Å²) in [6.07, 6.45) is 5.89. The van der Waals surface area contributed by atoms with Gasteiger partial charge in [-0.1, -0.05) is 60.7 Å². The molecule has 4 N–H and O–H groups in total. The van der Waals surface area contributed by atoms with Crippen LogP contribution < -0.4 is 5.32 Å². The molecule has 0 aliphatic carbocycles. The number of hydrogen-bond acceptors (Lipinski definition) is 5. The molecule has 2 aromatic heterocycles. The molecule has 4 heterocycles. The Labute approximate surface area is 271 Å². The summed E-state index contributed by atoms with van der Waals surface area (Å²) in [5, 5.41) is 13.1. The summed E-state index contributed by atoms with van der Waals surface area (Å²) in [4.78, 5) is 44.3. The van der Waals surface area contributed by atoms with E-state index in [4.69, 9.17) is 0 Å². The number of hydrogen-bond donors (Lipinski definition) is 4. The highest BCUT2D eigenvalue weighted by Crippen LogP contribution is 2.36. The quantitative estimate of drug-likeness (QED) is 0.150. The van der Waals surface area contributed by atoms with Gasteiger partial charge in [0.25, 0.3) is 5.91 Å². The Morgan fingerprint density at radius 3 is 2.32 bits per heavy atom. The maximum absolute atomic E-state index is 15.3. The lowest BCUT2D eigenvalue weighted by atomic mass is 10.0. The summed E-state index contributed by atoms with van der Waals surface area (Å²) >= 11 is 0. The number of aromatic nitrogens is 4. The van der Waals surface area contributed by atoms with Crippen LogP contribution in [0.25, 0.3) is 33.6 Å². The van der Waals surface area contributed by atoms with Crippen molar-refractivity contribution in [1.82, 2.24) is 35.1 Å². The number of aromatic amines is 2. The third-order valence-corrected chi connectivity index (χ3v) is 9.26. The molecule has 10 nitrogen and oxygen atoms in total. The second kappa shape index (κ2) is 12.8. The van der Waals surface area contributed by atoms with Crippen molar-refractivity contribution in [2.24, 2.45) is 0 Å². The summed E-state index contributed by atoms with van der Waals surface area (Å²) in [6.45, 7) is 1.48. The first-order valence-electron chi connectivity index (χ1n) is 15.9. The van der Waals surface area contributed by atoms with Crippen molar-refractivity contribution < 1.29 is 19.1 Å². The van der Waals surface area contributed by atoms with E-state index in [2.05, 4.69) is 25.3 Å². The molecule has 2 fully saturated rings. The molecule has 2 amide bonds. The molecule has 240 valence electrons. The van der Waals surface area contributed by atoms with Gasteiger partial charge in [-0.2, -0.15) is 0 Å². The largest absolute Gasteiger partial charge is 0.465 e. The molecule has 0 bridgehead atoms. The van der Waals surface area contributed by atoms with Gasteiger partial charge in [-0.3, -0.25) is 9.69 Å². The number of H-pyrrole nitrogens is 2. The maximum atomic E-state index is 15.3. The van der Waals surface area contributed by atoms with Crippen LogP contribution in [-0.2, 0) is 4.79 Å². The molecular weight excluding hydrogens is 597 g/mol. The second-order valence-corrected chi connectivity index (χ2v) is 12.2. The fourth-order valence-electron chi connectivity index (χ4n) is 6.73. The SMILES string of the molecule is CN(C(=O)O)[C@@H](C(=O)N1CCC[C@H]1c1ncc(-c2ccc(-c3ccc(-c4cnc([C@@H]5CCCN5)[nH]4)c(F)c3)cc2)[nH]1)c1ccccc1. The van der Waals surface area contributed by atoms with Gasteiger partial charge in [0.1, 0.15) is 23.5 Å². The lowest BCUT2D eigenvalue weighted by Gasteiger charge is -2.32. The number of likely N-dealkylation sites (N-methyl/N-ethyl adjacent to an activating group) is 1. The monoisotopic (exact) mass is 633 g/mol. The fourth-order valence-corrected chi connectivity index (χ4v) is 6.73. The number of halogens is 1. The van der Waals surface area contributed by atoms with Crippen molar-refractivity contribution in [2.75, 3.05) is 20.1 Å². The highest BCUT2D eigenvalue weighted by atomic mass is 19.1. The molecule has 0 spiro atoms. The van der Waals surface area contributed by atoms with E-state index in [0.29, 0.717) is 29.2 Å². The van der Waals surface area contributed by atoms with E-state index in [9.17, 15) is 14.7 Å². The minimum Gasteiger partial charge on any atom is -0.465 e. The van der Waals surface area contributed by atoms with E-state index in [1.807, 2.05) is 36.4 Å². The highest BCUT2D eigenvalue weighted by molar-refractivity contribution is 5.87. The summed E-state index contributed by atoms with van der Waals surface area (Å²) in [7, 11) is 1.42. The van der Waals surface area contributed by atoms with Crippen LogP contribution in [0.15, 0.2) is 85.2 Å². The zero-order valence-electron chi connectivity index (χ0n) is 26.0. The van der Waals surface area contributed by atoms with Crippen LogP contribution >= 0.6 is 0 Å². The molecule has 47 heavy (non-hydrogen) atoms. The van der Waals surface area contributed by atoms with Gasteiger partial charge in [0.2, 0.25) is 0 Å². The molecule has 5 aromatic rings. The molecule has 3 aromatic carbocycles. The number of imidazole rings is 2. The lowest BCUT2D eigenvalue weighted by molar-refractivity contribution is -0.137. The molecule has 11 heteroatoms. The average Bonchev–Trinajstić information content (AvgIpc) is 3.92. The van der Waals surface area contributed by atoms with E-state index in [1.54, 1.807) is 53.7 Å². The summed E-state index contributed by atoms with van der Waals surface area (Å²) in [5.41, 5.74) is 5.10. The van der Waals surface area contributed by atoms with Crippen LogP contribution in [0.4, 0.5) is 9.18 Å². The first-order valence-corrected chi connectivity index (χ1v) is 15.9. The molecule has 0 saturated carbocycles. The first kappa shape index (κ1) is 30.4. The van der Waals surface area contributed by atoms with Gasteiger partial charge < -0.3 is 25.3 Å². The molecule has 7 rings (SSSR count). The lowest BCUT2D eigenvalue weighted by Crippen LogP contribution is -2.43. The molecule has 2 aliphatic rings. The molecule has 0 radical (unpaired) electrons. The average molecular weight is 634 g/mol. The normalized spacial score (nSPS) is 18.4. The molecule has 2 aliphatic heterocycles. The predicted octanol–water partition coefficient (Wildman–Crippen LogP) is 6.71. The number of carboxylic acid groups (broad SMARTS) is 1. The van der Waals surface area contributed by atoms with E-state index in [0.717, 1.165) is 65.3 Å². The number of likely N-dealkylation sites (tertiary alicyclic amines) is 1. The van der Waals surface area contributed by atoms with Crippen molar-refractivity contribution in [3.05, 3.63) is 108 Å². The Morgan fingerprint density at radius 1 is 0.894 bits per heavy atom. The number of carbonyl (C=O) groups excluding carboxylic acids is 1. The molecule has 3 atom stereocenters. The molecule has 2 saturated heterocycles. The zero-order valence-corrected chi connectivity index (χ0v) is 26.0. The van der Waals surface area contributed by atoms with Crippen molar-refractivity contribution in [2.45, 2.75) is 43.8 Å². The highest BCUT2D eigenvalue weighted by Gasteiger charge is 2.39. The topological polar surface area (TPSA) is 130 Å². The Hall–Kier alpha value is -5.29. The van der Waals surface area contributed by atoms with E-state index in [-0.39, 0.29) is 23.8 Å². The van der Waals surface area contributed by atoms with Gasteiger partial charge in [0.05, 0.1) is 35.9 Å². The Morgan fingerprint density at radius 2 is 1.60 bits per heavy atom. The predicted molar refractivity (Wildman–Crippen MR) is 176 cm³/mol. The second-order valence-electron chi connectivity index (χ2n) is 12.2. The van der Waals surface area contributed by atoms with Gasteiger partial charge in [-0.15, -0.1) is 0 Å². The molecular formula is C36H36FN7O3. The third kappa shape index (κ3) is 6.01. The minimum atomic E-state index is -1.17. The summed E-state index contributed by atoms with van der Waals surface area (Å²) < 4.78 is 15.3.